The molecule has 3 heterocycles. The summed E-state index contributed by atoms with van der Waals surface area (Å²) in [4.78, 5) is 42.9. The third kappa shape index (κ3) is 3.36. The number of rotatable bonds is 6. The van der Waals surface area contributed by atoms with Crippen molar-refractivity contribution in [1.29, 1.82) is 0 Å². The van der Waals surface area contributed by atoms with Crippen molar-refractivity contribution < 1.29 is 19.1 Å². The largest absolute Gasteiger partial charge is 0.460 e. The number of ether oxygens (including phenoxy) is 1. The Morgan fingerprint density at radius 1 is 1.03 bits per heavy atom. The number of carbonyl (C=O) groups excluding carboxylic acids is 3. The van der Waals surface area contributed by atoms with Gasteiger partial charge in [-0.15, -0.1) is 0 Å². The summed E-state index contributed by atoms with van der Waals surface area (Å²) in [7, 11) is 0. The second-order valence-electron chi connectivity index (χ2n) is 7.14. The van der Waals surface area contributed by atoms with Crippen molar-refractivity contribution in [3.05, 3.63) is 77.2 Å². The molecule has 4 rings (SSSR count). The lowest BCUT2D eigenvalue weighted by Gasteiger charge is -2.15. The zero-order valence-corrected chi connectivity index (χ0v) is 16.6. The molecule has 2 amide bonds. The molecule has 1 aliphatic heterocycles. The van der Waals surface area contributed by atoms with Gasteiger partial charge in [0.15, 0.2) is 5.82 Å². The first-order valence-corrected chi connectivity index (χ1v) is 9.60. The Balaban J connectivity index is 1.46. The first-order valence-electron chi connectivity index (χ1n) is 9.60. The Morgan fingerprint density at radius 2 is 1.70 bits per heavy atom. The number of hydrogen-bond donors (Lipinski definition) is 0. The van der Waals surface area contributed by atoms with Crippen LogP contribution in [0.5, 0.6) is 0 Å². The number of pyridine rings is 1. The molecule has 0 bridgehead atoms. The fraction of sp³-hybridized carbons (Fsp3) is 0.227. The van der Waals surface area contributed by atoms with Crippen LogP contribution in [0.4, 0.5) is 0 Å². The summed E-state index contributed by atoms with van der Waals surface area (Å²) < 4.78 is 6.98. The minimum absolute atomic E-state index is 0.00621. The van der Waals surface area contributed by atoms with Gasteiger partial charge in [0.25, 0.3) is 11.8 Å². The number of carbonyl (C=O) groups is 3. The van der Waals surface area contributed by atoms with Gasteiger partial charge in [0.05, 0.1) is 29.6 Å². The highest BCUT2D eigenvalue weighted by Crippen LogP contribution is 2.24. The first kappa shape index (κ1) is 19.5. The maximum absolute atomic E-state index is 12.7. The molecule has 0 aliphatic carbocycles. The molecule has 3 aromatic rings. The van der Waals surface area contributed by atoms with E-state index in [4.69, 9.17) is 4.74 Å². The van der Waals surface area contributed by atoms with Gasteiger partial charge < -0.3 is 4.74 Å². The van der Waals surface area contributed by atoms with Gasteiger partial charge in [0, 0.05) is 6.20 Å². The number of aromatic nitrogens is 3. The van der Waals surface area contributed by atoms with E-state index in [0.717, 1.165) is 4.90 Å². The molecule has 152 valence electrons. The minimum atomic E-state index is -0.558. The highest BCUT2D eigenvalue weighted by molar-refractivity contribution is 6.21. The highest BCUT2D eigenvalue weighted by Gasteiger charge is 2.35. The number of fused-ring (bicyclic) bond motifs is 1. The zero-order chi connectivity index (χ0) is 21.3. The molecule has 0 atom stereocenters. The van der Waals surface area contributed by atoms with E-state index in [2.05, 4.69) is 10.1 Å². The van der Waals surface area contributed by atoms with E-state index in [-0.39, 0.29) is 30.9 Å². The van der Waals surface area contributed by atoms with Gasteiger partial charge in [0.1, 0.15) is 12.2 Å². The molecule has 8 nitrogen and oxygen atoms in total. The van der Waals surface area contributed by atoms with E-state index < -0.39 is 5.97 Å². The van der Waals surface area contributed by atoms with Crippen LogP contribution in [0.1, 0.15) is 56.5 Å². The van der Waals surface area contributed by atoms with Crippen molar-refractivity contribution in [3.63, 3.8) is 0 Å². The lowest BCUT2D eigenvalue weighted by molar-refractivity contribution is 0.0419. The fourth-order valence-electron chi connectivity index (χ4n) is 3.48. The molecule has 0 spiro atoms. The second-order valence-corrected chi connectivity index (χ2v) is 7.14. The van der Waals surface area contributed by atoms with E-state index in [9.17, 15) is 14.4 Å². The minimum Gasteiger partial charge on any atom is -0.460 e. The summed E-state index contributed by atoms with van der Waals surface area (Å²) in [6.45, 7) is 3.79. The quantitative estimate of drug-likeness (QED) is 0.463. The summed E-state index contributed by atoms with van der Waals surface area (Å²) in [6.07, 6.45) is 3.11. The number of benzene rings is 1. The molecule has 1 aliphatic rings. The third-order valence-corrected chi connectivity index (χ3v) is 4.87. The molecule has 0 unspecified atom stereocenters. The van der Waals surface area contributed by atoms with Crippen molar-refractivity contribution >= 4 is 17.8 Å². The van der Waals surface area contributed by atoms with Gasteiger partial charge in [-0.2, -0.15) is 5.10 Å². The number of imide groups is 1. The molecule has 0 saturated heterocycles. The Labute approximate surface area is 173 Å². The Morgan fingerprint density at radius 3 is 2.30 bits per heavy atom. The monoisotopic (exact) mass is 404 g/mol. The van der Waals surface area contributed by atoms with Crippen LogP contribution in [0.25, 0.3) is 5.82 Å². The van der Waals surface area contributed by atoms with Crippen LogP contribution < -0.4 is 0 Å². The van der Waals surface area contributed by atoms with E-state index in [1.165, 1.54) is 6.20 Å². The topological polar surface area (TPSA) is 94.4 Å². The standard InChI is InChI=1S/C22H20N4O4/c1-14(2)19-17(13-24-26(19)18-9-5-6-10-23-18)22(29)30-12-11-25-20(27)15-7-3-4-8-16(15)21(25)28/h3-10,13-14H,11-12H2,1-2H3. The normalized spacial score (nSPS) is 13.1. The van der Waals surface area contributed by atoms with Gasteiger partial charge in [-0.3, -0.25) is 14.5 Å². The van der Waals surface area contributed by atoms with Crippen molar-refractivity contribution in [2.75, 3.05) is 13.2 Å². The summed E-state index contributed by atoms with van der Waals surface area (Å²) in [5.74, 6) is -0.716. The lowest BCUT2D eigenvalue weighted by atomic mass is 10.1. The van der Waals surface area contributed by atoms with E-state index in [1.54, 1.807) is 47.3 Å². The molecule has 8 heteroatoms. The molecule has 30 heavy (non-hydrogen) atoms. The van der Waals surface area contributed by atoms with Crippen LogP contribution >= 0.6 is 0 Å². The predicted octanol–water partition coefficient (Wildman–Crippen LogP) is 2.84. The van der Waals surface area contributed by atoms with E-state index in [0.29, 0.717) is 28.2 Å². The molecule has 0 fully saturated rings. The Kier molecular flexibility index (Phi) is 5.14. The molecule has 0 saturated carbocycles. The smallest absolute Gasteiger partial charge is 0.341 e. The summed E-state index contributed by atoms with van der Waals surface area (Å²) >= 11 is 0. The maximum atomic E-state index is 12.7. The van der Waals surface area contributed by atoms with E-state index >= 15 is 0 Å². The molecule has 2 aromatic heterocycles. The van der Waals surface area contributed by atoms with Gasteiger partial charge in [0.2, 0.25) is 0 Å². The first-order chi connectivity index (χ1) is 14.5. The van der Waals surface area contributed by atoms with Crippen molar-refractivity contribution in [2.45, 2.75) is 19.8 Å². The van der Waals surface area contributed by atoms with Crippen molar-refractivity contribution in [1.82, 2.24) is 19.7 Å². The van der Waals surface area contributed by atoms with Crippen LogP contribution in [0, 0.1) is 0 Å². The zero-order valence-electron chi connectivity index (χ0n) is 16.6. The molecule has 0 N–H and O–H groups in total. The molecular weight excluding hydrogens is 384 g/mol. The summed E-state index contributed by atoms with van der Waals surface area (Å²) in [6, 6.07) is 12.1. The van der Waals surface area contributed by atoms with Gasteiger partial charge >= 0.3 is 5.97 Å². The van der Waals surface area contributed by atoms with Crippen LogP contribution in [0.15, 0.2) is 54.9 Å². The lowest BCUT2D eigenvalue weighted by Crippen LogP contribution is -2.33. The highest BCUT2D eigenvalue weighted by atomic mass is 16.5. The maximum Gasteiger partial charge on any atom is 0.341 e. The van der Waals surface area contributed by atoms with Crippen LogP contribution in [-0.4, -0.2) is 50.6 Å². The molecular formula is C22H20N4O4. The number of nitrogens with zero attached hydrogens (tertiary/aromatic N) is 4. The fourth-order valence-corrected chi connectivity index (χ4v) is 3.48. The van der Waals surface area contributed by atoms with Crippen molar-refractivity contribution in [3.8, 4) is 5.82 Å². The van der Waals surface area contributed by atoms with Gasteiger partial charge in [-0.05, 0) is 30.2 Å². The van der Waals surface area contributed by atoms with Gasteiger partial charge in [-0.1, -0.05) is 32.0 Å². The van der Waals surface area contributed by atoms with Crippen LogP contribution in [0.3, 0.4) is 0 Å². The second kappa shape index (κ2) is 7.90. The van der Waals surface area contributed by atoms with E-state index in [1.807, 2.05) is 19.9 Å². The van der Waals surface area contributed by atoms with Crippen LogP contribution in [-0.2, 0) is 4.74 Å². The Hall–Kier alpha value is -3.81. The summed E-state index contributed by atoms with van der Waals surface area (Å²) in [5, 5.41) is 4.30. The Bertz CT molecular complexity index is 1090. The van der Waals surface area contributed by atoms with Crippen molar-refractivity contribution in [2.24, 2.45) is 0 Å². The SMILES string of the molecule is CC(C)c1c(C(=O)OCCN2C(=O)c3ccccc3C2=O)cnn1-c1ccccn1. The van der Waals surface area contributed by atoms with Crippen LogP contribution in [0.2, 0.25) is 0 Å². The number of hydrogen-bond acceptors (Lipinski definition) is 6. The average molecular weight is 404 g/mol. The van der Waals surface area contributed by atoms with Gasteiger partial charge in [-0.25, -0.2) is 14.5 Å². The molecule has 1 aromatic carbocycles. The predicted molar refractivity (Wildman–Crippen MR) is 108 cm³/mol. The average Bonchev–Trinajstić information content (AvgIpc) is 3.31. The molecule has 0 radical (unpaired) electrons. The number of amides is 2. The number of esters is 1. The summed E-state index contributed by atoms with van der Waals surface area (Å²) in [5.41, 5.74) is 1.75. The third-order valence-electron chi connectivity index (χ3n) is 4.87.